The van der Waals surface area contributed by atoms with Gasteiger partial charge in [-0.2, -0.15) is 5.10 Å². The molecule has 3 aromatic rings. The summed E-state index contributed by atoms with van der Waals surface area (Å²) in [5.74, 6) is 2.80. The Morgan fingerprint density at radius 2 is 1.82 bits per heavy atom. The van der Waals surface area contributed by atoms with Gasteiger partial charge >= 0.3 is 0 Å². The lowest BCUT2D eigenvalue weighted by Gasteiger charge is -2.29. The number of methoxy groups -OCH3 is 1. The van der Waals surface area contributed by atoms with Crippen LogP contribution in [0.15, 0.2) is 54.2 Å². The second-order valence-electron chi connectivity index (χ2n) is 9.37. The lowest BCUT2D eigenvalue weighted by Crippen LogP contribution is -2.26. The molecule has 1 heterocycles. The molecule has 1 aliphatic carbocycles. The second kappa shape index (κ2) is 12.7. The number of para-hydroxylation sites is 1. The molecule has 1 aliphatic rings. The molecule has 0 aliphatic heterocycles. The number of rotatable bonds is 10. The molecule has 0 atom stereocenters. The van der Waals surface area contributed by atoms with E-state index in [1.54, 1.807) is 18.2 Å². The number of anilines is 1. The molecule has 1 saturated carbocycles. The van der Waals surface area contributed by atoms with Gasteiger partial charge in [0.2, 0.25) is 0 Å². The Hall–Kier alpha value is -3.94. The highest BCUT2D eigenvalue weighted by Gasteiger charge is 2.29. The molecule has 2 aromatic carbocycles. The van der Waals surface area contributed by atoms with Crippen molar-refractivity contribution in [2.45, 2.75) is 38.3 Å². The van der Waals surface area contributed by atoms with E-state index in [0.29, 0.717) is 46.0 Å². The molecular formula is C28H33N6O4P. The monoisotopic (exact) mass is 548 g/mol. The zero-order chi connectivity index (χ0) is 27.9. The fourth-order valence-corrected chi connectivity index (χ4v) is 5.24. The van der Waals surface area contributed by atoms with Gasteiger partial charge in [0.05, 0.1) is 31.4 Å². The van der Waals surface area contributed by atoms with E-state index in [4.69, 9.17) is 26.1 Å². The number of hydrogen-bond acceptors (Lipinski definition) is 7. The Balaban J connectivity index is 1.48. The SMILES string of the molecule is CONC(=C=O)C1CCC(n2nc(-c3ccc(CNC(=O)c4ccccc4OC)cc3)c(C(N)=P)c2N)CC1. The fraction of sp³-hybridized carbons (Fsp3) is 0.321. The fourth-order valence-electron chi connectivity index (χ4n) is 4.99. The molecule has 0 unspecified atom stereocenters. The first kappa shape index (κ1) is 28.1. The molecule has 1 aromatic heterocycles. The number of nitrogens with zero attached hydrogens (tertiary/aromatic N) is 2. The Labute approximate surface area is 229 Å². The van der Waals surface area contributed by atoms with Crippen LogP contribution in [0.25, 0.3) is 11.3 Å². The molecule has 204 valence electrons. The van der Waals surface area contributed by atoms with Crippen LogP contribution in [-0.2, 0) is 16.2 Å². The first-order chi connectivity index (χ1) is 18.9. The highest BCUT2D eigenvalue weighted by molar-refractivity contribution is 7.22. The van der Waals surface area contributed by atoms with Gasteiger partial charge in [-0.15, -0.1) is 8.86 Å². The average Bonchev–Trinajstić information content (AvgIpc) is 3.32. The Morgan fingerprint density at radius 3 is 2.44 bits per heavy atom. The summed E-state index contributed by atoms with van der Waals surface area (Å²) in [5.41, 5.74) is 19.7. The first-order valence-electron chi connectivity index (χ1n) is 12.6. The standard InChI is InChI=1S/C28H33N6O4P/c1-37-23-6-4-3-5-21(23)28(36)31-15-17-7-9-19(10-8-17)25-24(27(30)39)26(29)34(32-25)20-13-11-18(12-14-20)22(16-35)33-38-2/h3-10,18,20,33,39H,11-15,29-30H2,1-2H3,(H,31,36). The zero-order valence-corrected chi connectivity index (χ0v) is 23.0. The maximum absolute atomic E-state index is 12.6. The van der Waals surface area contributed by atoms with Crippen molar-refractivity contribution < 1.29 is 19.2 Å². The van der Waals surface area contributed by atoms with Crippen LogP contribution in [0.1, 0.15) is 53.2 Å². The van der Waals surface area contributed by atoms with Crippen molar-refractivity contribution in [2.24, 2.45) is 11.7 Å². The number of aromatic nitrogens is 2. The normalized spacial score (nSPS) is 16.7. The van der Waals surface area contributed by atoms with Crippen LogP contribution in [0, 0.1) is 5.92 Å². The number of carbonyl (C=O) groups excluding carboxylic acids is 2. The number of ether oxygens (including phenoxy) is 1. The lowest BCUT2D eigenvalue weighted by molar-refractivity contribution is 0.0948. The van der Waals surface area contributed by atoms with E-state index in [0.717, 1.165) is 36.8 Å². The van der Waals surface area contributed by atoms with Crippen LogP contribution < -0.4 is 27.0 Å². The molecule has 11 heteroatoms. The minimum Gasteiger partial charge on any atom is -0.496 e. The topological polar surface area (TPSA) is 147 Å². The predicted molar refractivity (Wildman–Crippen MR) is 153 cm³/mol. The maximum Gasteiger partial charge on any atom is 0.255 e. The third kappa shape index (κ3) is 6.21. The van der Waals surface area contributed by atoms with Crippen LogP contribution in [0.4, 0.5) is 5.82 Å². The van der Waals surface area contributed by atoms with Gasteiger partial charge in [0, 0.05) is 23.4 Å². The number of amides is 1. The minimum atomic E-state index is -0.213. The van der Waals surface area contributed by atoms with E-state index < -0.39 is 0 Å². The molecule has 6 N–H and O–H groups in total. The van der Waals surface area contributed by atoms with Crippen molar-refractivity contribution >= 4 is 31.9 Å². The molecule has 1 fully saturated rings. The van der Waals surface area contributed by atoms with Crippen LogP contribution in [0.2, 0.25) is 0 Å². The largest absolute Gasteiger partial charge is 0.496 e. The molecule has 0 bridgehead atoms. The number of hydroxylamine groups is 1. The highest BCUT2D eigenvalue weighted by atomic mass is 31.0. The Kier molecular flexibility index (Phi) is 9.17. The molecule has 0 radical (unpaired) electrons. The smallest absolute Gasteiger partial charge is 0.255 e. The second-order valence-corrected chi connectivity index (χ2v) is 9.91. The van der Waals surface area contributed by atoms with E-state index in [1.807, 2.05) is 41.0 Å². The van der Waals surface area contributed by atoms with Crippen molar-refractivity contribution in [3.8, 4) is 17.0 Å². The number of nitrogens with two attached hydrogens (primary N) is 2. The number of benzene rings is 2. The van der Waals surface area contributed by atoms with Gasteiger partial charge in [-0.1, -0.05) is 36.4 Å². The summed E-state index contributed by atoms with van der Waals surface area (Å²) in [4.78, 5) is 28.8. The van der Waals surface area contributed by atoms with Crippen LogP contribution in [-0.4, -0.2) is 41.3 Å². The van der Waals surface area contributed by atoms with Crippen molar-refractivity contribution in [2.75, 3.05) is 20.0 Å². The van der Waals surface area contributed by atoms with Gasteiger partial charge in [0.15, 0.2) is 0 Å². The van der Waals surface area contributed by atoms with Crippen molar-refractivity contribution in [3.63, 3.8) is 0 Å². The van der Waals surface area contributed by atoms with Crippen molar-refractivity contribution in [3.05, 3.63) is 70.9 Å². The number of allylic oxidation sites excluding steroid dienone is 1. The molecule has 39 heavy (non-hydrogen) atoms. The van der Waals surface area contributed by atoms with Gasteiger partial charge in [-0.25, -0.2) is 9.48 Å². The molecular weight excluding hydrogens is 515 g/mol. The van der Waals surface area contributed by atoms with E-state index in [1.165, 1.54) is 14.2 Å². The van der Waals surface area contributed by atoms with Gasteiger partial charge < -0.3 is 15.8 Å². The van der Waals surface area contributed by atoms with E-state index in [2.05, 4.69) is 19.7 Å². The Bertz CT molecular complexity index is 1390. The summed E-state index contributed by atoms with van der Waals surface area (Å²) in [7, 11) is 6.47. The average molecular weight is 549 g/mol. The number of hydrogen-bond donors (Lipinski definition) is 4. The highest BCUT2D eigenvalue weighted by Crippen LogP contribution is 2.38. The van der Waals surface area contributed by atoms with E-state index in [9.17, 15) is 9.59 Å². The summed E-state index contributed by atoms with van der Waals surface area (Å²) in [6, 6.07) is 14.9. The van der Waals surface area contributed by atoms with Crippen LogP contribution in [0.5, 0.6) is 5.75 Å². The summed E-state index contributed by atoms with van der Waals surface area (Å²) in [6.45, 7) is 0.353. The lowest BCUT2D eigenvalue weighted by atomic mass is 9.84. The maximum atomic E-state index is 12.6. The van der Waals surface area contributed by atoms with Crippen LogP contribution >= 0.6 is 8.86 Å². The summed E-state index contributed by atoms with van der Waals surface area (Å²) >= 11 is 0. The predicted octanol–water partition coefficient (Wildman–Crippen LogP) is 3.25. The van der Waals surface area contributed by atoms with Crippen molar-refractivity contribution in [1.29, 1.82) is 0 Å². The van der Waals surface area contributed by atoms with Gasteiger partial charge in [-0.05, 0) is 43.4 Å². The Morgan fingerprint density at radius 1 is 1.13 bits per heavy atom. The molecule has 0 spiro atoms. The number of carbonyl (C=O) groups is 1. The van der Waals surface area contributed by atoms with Gasteiger partial charge in [-0.3, -0.25) is 20.8 Å². The molecule has 4 rings (SSSR count). The van der Waals surface area contributed by atoms with Gasteiger partial charge in [0.25, 0.3) is 5.91 Å². The minimum absolute atomic E-state index is 0.0536. The third-order valence-corrected chi connectivity index (χ3v) is 7.27. The molecule has 1 amide bonds. The van der Waals surface area contributed by atoms with Crippen molar-refractivity contribution in [1.82, 2.24) is 20.6 Å². The van der Waals surface area contributed by atoms with E-state index in [-0.39, 0.29) is 17.9 Å². The molecule has 0 saturated heterocycles. The zero-order valence-electron chi connectivity index (χ0n) is 22.0. The summed E-state index contributed by atoms with van der Waals surface area (Å²) < 4.78 is 7.12. The third-order valence-electron chi connectivity index (χ3n) is 7.02. The van der Waals surface area contributed by atoms with E-state index >= 15 is 0 Å². The van der Waals surface area contributed by atoms with Crippen LogP contribution in [0.3, 0.4) is 0 Å². The summed E-state index contributed by atoms with van der Waals surface area (Å²) in [5, 5.41) is 7.80. The summed E-state index contributed by atoms with van der Waals surface area (Å²) in [6.07, 6.45) is 3.13. The molecule has 10 nitrogen and oxygen atoms in total. The van der Waals surface area contributed by atoms with Gasteiger partial charge in [0.1, 0.15) is 28.9 Å². The number of nitrogens with one attached hydrogen (secondary N) is 2. The quantitative estimate of drug-likeness (QED) is 0.172. The number of nitrogen functional groups attached to an aromatic ring is 1. The first-order valence-corrected chi connectivity index (χ1v) is 13.1.